The van der Waals surface area contributed by atoms with Crippen molar-refractivity contribution in [1.82, 2.24) is 0 Å². The van der Waals surface area contributed by atoms with Crippen LogP contribution in [0.4, 0.5) is 5.69 Å². The van der Waals surface area contributed by atoms with Crippen molar-refractivity contribution in [2.75, 3.05) is 16.4 Å². The van der Waals surface area contributed by atoms with Gasteiger partial charge >= 0.3 is 0 Å². The maximum atomic E-state index is 12.7. The van der Waals surface area contributed by atoms with Gasteiger partial charge in [0.25, 0.3) is 0 Å². The summed E-state index contributed by atoms with van der Waals surface area (Å²) in [5.74, 6) is 1.18. The van der Waals surface area contributed by atoms with Crippen molar-refractivity contribution in [1.29, 1.82) is 0 Å². The van der Waals surface area contributed by atoms with Gasteiger partial charge in [0.1, 0.15) is 0 Å². The van der Waals surface area contributed by atoms with Crippen molar-refractivity contribution < 1.29 is 13.2 Å². The van der Waals surface area contributed by atoms with Gasteiger partial charge in [-0.05, 0) is 29.9 Å². The number of rotatable bonds is 5. The largest absolute Gasteiger partial charge is 0.315 e. The second-order valence-corrected chi connectivity index (χ2v) is 12.2. The molecule has 7 heteroatoms. The summed E-state index contributed by atoms with van der Waals surface area (Å²) in [5, 5.41) is 0.626. The fourth-order valence-corrected chi connectivity index (χ4v) is 8.75. The number of nitrogens with zero attached hydrogens (tertiary/aromatic N) is 2. The molecule has 4 rings (SSSR count). The normalized spacial score (nSPS) is 27.8. The first-order valence-corrected chi connectivity index (χ1v) is 13.4. The van der Waals surface area contributed by atoms with Crippen LogP contribution in [-0.4, -0.2) is 42.3 Å². The van der Waals surface area contributed by atoms with Crippen molar-refractivity contribution >= 4 is 38.4 Å². The Bertz CT molecular complexity index is 904. The Morgan fingerprint density at radius 3 is 2.66 bits per heavy atom. The minimum absolute atomic E-state index is 0.0541. The standard InChI is InChI=1S/C22H30N2O3S2/c1-15(2)17-9-5-6-10-18(17)24-19-13-29(26,27)14-20(19)28-22(24)23-21(25)12-11-16-7-3-4-8-16/h5-6,9-10,15-16,19-20H,3-4,7-8,11-14H2,1-2H3/t19-,20+/m0/s1. The first-order valence-electron chi connectivity index (χ1n) is 10.7. The summed E-state index contributed by atoms with van der Waals surface area (Å²) >= 11 is 1.47. The molecular weight excluding hydrogens is 404 g/mol. The Kier molecular flexibility index (Phi) is 6.07. The number of sulfone groups is 1. The number of aliphatic imine (C=N–C) groups is 1. The molecule has 3 fully saturated rings. The lowest BCUT2D eigenvalue weighted by molar-refractivity contribution is -0.118. The zero-order chi connectivity index (χ0) is 20.6. The van der Waals surface area contributed by atoms with E-state index < -0.39 is 9.84 Å². The number of para-hydroxylation sites is 1. The fourth-order valence-electron chi connectivity index (χ4n) is 4.83. The van der Waals surface area contributed by atoms with Gasteiger partial charge in [0.2, 0.25) is 5.91 Å². The predicted octanol–water partition coefficient (Wildman–Crippen LogP) is 4.38. The molecule has 2 aliphatic heterocycles. The molecule has 1 aromatic carbocycles. The molecule has 0 bridgehead atoms. The van der Waals surface area contributed by atoms with E-state index in [1.807, 2.05) is 23.1 Å². The molecule has 3 aliphatic rings. The van der Waals surface area contributed by atoms with E-state index in [1.165, 1.54) is 37.4 Å². The third-order valence-electron chi connectivity index (χ3n) is 6.35. The van der Waals surface area contributed by atoms with Gasteiger partial charge in [0, 0.05) is 17.4 Å². The number of fused-ring (bicyclic) bond motifs is 1. The minimum Gasteiger partial charge on any atom is -0.315 e. The molecule has 2 saturated heterocycles. The molecule has 1 amide bonds. The maximum Gasteiger partial charge on any atom is 0.248 e. The molecule has 0 aromatic heterocycles. The van der Waals surface area contributed by atoms with Gasteiger partial charge in [-0.2, -0.15) is 4.99 Å². The zero-order valence-corrected chi connectivity index (χ0v) is 18.8. The molecule has 2 atom stereocenters. The molecule has 158 valence electrons. The number of hydrogen-bond acceptors (Lipinski definition) is 4. The van der Waals surface area contributed by atoms with Crippen molar-refractivity contribution in [2.24, 2.45) is 10.9 Å². The van der Waals surface area contributed by atoms with Gasteiger partial charge in [-0.1, -0.05) is 69.5 Å². The quantitative estimate of drug-likeness (QED) is 0.688. The van der Waals surface area contributed by atoms with Crippen LogP contribution in [0.1, 0.15) is 63.9 Å². The summed E-state index contributed by atoms with van der Waals surface area (Å²) in [5.41, 5.74) is 2.14. The lowest BCUT2D eigenvalue weighted by Crippen LogP contribution is -2.38. The van der Waals surface area contributed by atoms with E-state index in [9.17, 15) is 13.2 Å². The van der Waals surface area contributed by atoms with E-state index in [4.69, 9.17) is 0 Å². The van der Waals surface area contributed by atoms with Crippen LogP contribution >= 0.6 is 11.8 Å². The number of carbonyl (C=O) groups excluding carboxylic acids is 1. The number of hydrogen-bond donors (Lipinski definition) is 0. The number of amides is 1. The Hall–Kier alpha value is -1.34. The van der Waals surface area contributed by atoms with Crippen LogP contribution in [-0.2, 0) is 14.6 Å². The molecule has 2 heterocycles. The van der Waals surface area contributed by atoms with Crippen molar-refractivity contribution in [3.05, 3.63) is 29.8 Å². The topological polar surface area (TPSA) is 66.8 Å². The van der Waals surface area contributed by atoms with E-state index in [1.54, 1.807) is 0 Å². The summed E-state index contributed by atoms with van der Waals surface area (Å²) in [6.07, 6.45) is 6.43. The highest BCUT2D eigenvalue weighted by Gasteiger charge is 2.49. The van der Waals surface area contributed by atoms with E-state index in [2.05, 4.69) is 24.9 Å². The van der Waals surface area contributed by atoms with Crippen LogP contribution in [0.5, 0.6) is 0 Å². The van der Waals surface area contributed by atoms with E-state index in [-0.39, 0.29) is 28.7 Å². The zero-order valence-electron chi connectivity index (χ0n) is 17.2. The first kappa shape index (κ1) is 20.9. The van der Waals surface area contributed by atoms with Crippen molar-refractivity contribution in [3.63, 3.8) is 0 Å². The fraction of sp³-hybridized carbons (Fsp3) is 0.636. The Balaban J connectivity index is 1.61. The van der Waals surface area contributed by atoms with Gasteiger partial charge in [-0.25, -0.2) is 8.42 Å². The molecule has 29 heavy (non-hydrogen) atoms. The number of carbonyl (C=O) groups is 1. The first-order chi connectivity index (χ1) is 13.8. The highest BCUT2D eigenvalue weighted by atomic mass is 32.2. The Morgan fingerprint density at radius 1 is 1.21 bits per heavy atom. The second kappa shape index (κ2) is 8.42. The summed E-state index contributed by atoms with van der Waals surface area (Å²) < 4.78 is 24.5. The van der Waals surface area contributed by atoms with Crippen molar-refractivity contribution in [2.45, 2.75) is 69.6 Å². The minimum atomic E-state index is -3.06. The van der Waals surface area contributed by atoms with Crippen LogP contribution in [0.15, 0.2) is 29.3 Å². The third kappa shape index (κ3) is 4.55. The van der Waals surface area contributed by atoms with Crippen LogP contribution in [0.3, 0.4) is 0 Å². The Labute approximate surface area is 178 Å². The number of thioether (sulfide) groups is 1. The molecule has 5 nitrogen and oxygen atoms in total. The third-order valence-corrected chi connectivity index (χ3v) is 9.56. The summed E-state index contributed by atoms with van der Waals surface area (Å²) in [4.78, 5) is 19.2. The molecule has 1 saturated carbocycles. The maximum absolute atomic E-state index is 12.7. The predicted molar refractivity (Wildman–Crippen MR) is 120 cm³/mol. The monoisotopic (exact) mass is 434 g/mol. The van der Waals surface area contributed by atoms with Gasteiger partial charge in [-0.15, -0.1) is 0 Å². The van der Waals surface area contributed by atoms with Gasteiger partial charge in [-0.3, -0.25) is 4.79 Å². The second-order valence-electron chi connectivity index (χ2n) is 8.86. The number of anilines is 1. The molecule has 0 unspecified atom stereocenters. The smallest absolute Gasteiger partial charge is 0.248 e. The number of amidine groups is 1. The summed E-state index contributed by atoms with van der Waals surface area (Å²) in [6.45, 7) is 4.27. The lowest BCUT2D eigenvalue weighted by atomic mass is 9.99. The summed E-state index contributed by atoms with van der Waals surface area (Å²) in [6, 6.07) is 7.95. The van der Waals surface area contributed by atoms with Gasteiger partial charge < -0.3 is 4.90 Å². The highest BCUT2D eigenvalue weighted by molar-refractivity contribution is 8.16. The van der Waals surface area contributed by atoms with Crippen molar-refractivity contribution in [3.8, 4) is 0 Å². The summed E-state index contributed by atoms with van der Waals surface area (Å²) in [7, 11) is -3.06. The molecule has 0 radical (unpaired) electrons. The molecule has 0 N–H and O–H groups in total. The SMILES string of the molecule is CC(C)c1ccccc1N1C(=NC(=O)CCC2CCCC2)S[C@@H]2CS(=O)(=O)C[C@@H]21. The molecular formula is C22H30N2O3S2. The number of benzene rings is 1. The average Bonchev–Trinajstić information content (AvgIpc) is 3.34. The van der Waals surface area contributed by atoms with E-state index in [0.717, 1.165) is 17.7 Å². The van der Waals surface area contributed by atoms with E-state index in [0.29, 0.717) is 23.4 Å². The molecule has 1 aromatic rings. The van der Waals surface area contributed by atoms with Crippen LogP contribution in [0.2, 0.25) is 0 Å². The van der Waals surface area contributed by atoms with Crippen LogP contribution < -0.4 is 4.90 Å². The van der Waals surface area contributed by atoms with Crippen LogP contribution in [0.25, 0.3) is 0 Å². The molecule has 0 spiro atoms. The van der Waals surface area contributed by atoms with Crippen LogP contribution in [0, 0.1) is 5.92 Å². The molecule has 1 aliphatic carbocycles. The van der Waals surface area contributed by atoms with Gasteiger partial charge in [0.15, 0.2) is 15.0 Å². The Morgan fingerprint density at radius 2 is 1.93 bits per heavy atom. The average molecular weight is 435 g/mol. The van der Waals surface area contributed by atoms with E-state index >= 15 is 0 Å². The highest BCUT2D eigenvalue weighted by Crippen LogP contribution is 2.43. The van der Waals surface area contributed by atoms with Gasteiger partial charge in [0.05, 0.1) is 17.5 Å². The lowest BCUT2D eigenvalue weighted by Gasteiger charge is -2.28.